The Balaban J connectivity index is 2.53. The van der Waals surface area contributed by atoms with Crippen LogP contribution in [-0.4, -0.2) is 24.1 Å². The highest BCUT2D eigenvalue weighted by molar-refractivity contribution is 9.10. The lowest BCUT2D eigenvalue weighted by atomic mass is 10.2. The van der Waals surface area contributed by atoms with Gasteiger partial charge in [0.25, 0.3) is 0 Å². The summed E-state index contributed by atoms with van der Waals surface area (Å²) in [4.78, 5) is 13.1. The third-order valence-corrected chi connectivity index (χ3v) is 2.51. The lowest BCUT2D eigenvalue weighted by Crippen LogP contribution is -2.28. The van der Waals surface area contributed by atoms with E-state index in [1.165, 1.54) is 0 Å². The quantitative estimate of drug-likeness (QED) is 0.852. The predicted octanol–water partition coefficient (Wildman–Crippen LogP) is 3.43. The Hall–Kier alpha value is -1.03. The zero-order valence-electron chi connectivity index (χ0n) is 9.74. The van der Waals surface area contributed by atoms with E-state index in [-0.39, 0.29) is 12.2 Å². The molecule has 88 valence electrons. The SMILES string of the molecule is CC(C)OC(=O)N(C)Cc1ccc(Br)cc1. The van der Waals surface area contributed by atoms with Crippen molar-refractivity contribution in [2.75, 3.05) is 7.05 Å². The molecule has 0 spiro atoms. The Morgan fingerprint density at radius 3 is 2.44 bits per heavy atom. The fraction of sp³-hybridized carbons (Fsp3) is 0.417. The Kier molecular flexibility index (Phi) is 4.80. The minimum Gasteiger partial charge on any atom is -0.447 e. The van der Waals surface area contributed by atoms with Gasteiger partial charge in [-0.25, -0.2) is 4.79 Å². The van der Waals surface area contributed by atoms with Crippen LogP contribution in [0.5, 0.6) is 0 Å². The smallest absolute Gasteiger partial charge is 0.410 e. The van der Waals surface area contributed by atoms with Gasteiger partial charge in [-0.05, 0) is 31.5 Å². The summed E-state index contributed by atoms with van der Waals surface area (Å²) in [6, 6.07) is 7.86. The second-order valence-electron chi connectivity index (χ2n) is 3.92. The van der Waals surface area contributed by atoms with Crippen LogP contribution in [0.15, 0.2) is 28.7 Å². The van der Waals surface area contributed by atoms with Crippen LogP contribution in [0.25, 0.3) is 0 Å². The van der Waals surface area contributed by atoms with E-state index in [2.05, 4.69) is 15.9 Å². The van der Waals surface area contributed by atoms with Crippen molar-refractivity contribution in [2.24, 2.45) is 0 Å². The summed E-state index contributed by atoms with van der Waals surface area (Å²) >= 11 is 3.37. The van der Waals surface area contributed by atoms with Crippen molar-refractivity contribution < 1.29 is 9.53 Å². The Bertz CT molecular complexity index is 349. The van der Waals surface area contributed by atoms with Crippen molar-refractivity contribution in [3.63, 3.8) is 0 Å². The van der Waals surface area contributed by atoms with Crippen molar-refractivity contribution in [3.8, 4) is 0 Å². The molecule has 1 aromatic rings. The van der Waals surface area contributed by atoms with E-state index < -0.39 is 0 Å². The zero-order chi connectivity index (χ0) is 12.1. The third kappa shape index (κ3) is 4.23. The predicted molar refractivity (Wildman–Crippen MR) is 67.2 cm³/mol. The molecule has 16 heavy (non-hydrogen) atoms. The molecule has 0 fully saturated rings. The molecule has 0 unspecified atom stereocenters. The van der Waals surface area contributed by atoms with Crippen molar-refractivity contribution in [2.45, 2.75) is 26.5 Å². The molecule has 4 heteroatoms. The van der Waals surface area contributed by atoms with Gasteiger partial charge < -0.3 is 9.64 Å². The Labute approximate surface area is 105 Å². The standard InChI is InChI=1S/C12H16BrNO2/c1-9(2)16-12(15)14(3)8-10-4-6-11(13)7-5-10/h4-7,9H,8H2,1-3H3. The maximum atomic E-state index is 11.5. The van der Waals surface area contributed by atoms with E-state index in [1.54, 1.807) is 11.9 Å². The fourth-order valence-corrected chi connectivity index (χ4v) is 1.48. The second-order valence-corrected chi connectivity index (χ2v) is 4.83. The number of carbonyl (C=O) groups is 1. The molecule has 0 aliphatic carbocycles. The van der Waals surface area contributed by atoms with Gasteiger partial charge in [0.05, 0.1) is 6.10 Å². The fourth-order valence-electron chi connectivity index (χ4n) is 1.22. The molecular formula is C12H16BrNO2. The molecule has 1 amide bonds. The third-order valence-electron chi connectivity index (χ3n) is 1.98. The number of ether oxygens (including phenoxy) is 1. The molecule has 0 bridgehead atoms. The average molecular weight is 286 g/mol. The number of hydrogen-bond donors (Lipinski definition) is 0. The molecule has 0 aromatic heterocycles. The van der Waals surface area contributed by atoms with Crippen LogP contribution >= 0.6 is 15.9 Å². The number of carbonyl (C=O) groups excluding carboxylic acids is 1. The monoisotopic (exact) mass is 285 g/mol. The number of nitrogens with zero attached hydrogens (tertiary/aromatic N) is 1. The van der Waals surface area contributed by atoms with Gasteiger partial charge in [-0.15, -0.1) is 0 Å². The number of hydrogen-bond acceptors (Lipinski definition) is 2. The molecule has 0 atom stereocenters. The van der Waals surface area contributed by atoms with Crippen molar-refractivity contribution in [3.05, 3.63) is 34.3 Å². The van der Waals surface area contributed by atoms with Gasteiger partial charge >= 0.3 is 6.09 Å². The first kappa shape index (κ1) is 13.0. The molecule has 0 radical (unpaired) electrons. The maximum absolute atomic E-state index is 11.5. The second kappa shape index (κ2) is 5.89. The highest BCUT2D eigenvalue weighted by Gasteiger charge is 2.11. The summed E-state index contributed by atoms with van der Waals surface area (Å²) in [5, 5.41) is 0. The molecule has 0 saturated carbocycles. The van der Waals surface area contributed by atoms with Crippen LogP contribution < -0.4 is 0 Å². The van der Waals surface area contributed by atoms with E-state index >= 15 is 0 Å². The van der Waals surface area contributed by atoms with E-state index in [0.29, 0.717) is 6.54 Å². The van der Waals surface area contributed by atoms with E-state index in [4.69, 9.17) is 4.74 Å². The number of halogens is 1. The van der Waals surface area contributed by atoms with Crippen LogP contribution in [0.2, 0.25) is 0 Å². The van der Waals surface area contributed by atoms with Gasteiger partial charge in [-0.3, -0.25) is 0 Å². The lowest BCUT2D eigenvalue weighted by Gasteiger charge is -2.18. The van der Waals surface area contributed by atoms with Crippen LogP contribution in [0.4, 0.5) is 4.79 Å². The minimum atomic E-state index is -0.294. The first-order valence-corrected chi connectivity index (χ1v) is 5.94. The van der Waals surface area contributed by atoms with Gasteiger partial charge in [0.15, 0.2) is 0 Å². The number of rotatable bonds is 3. The molecule has 0 aliphatic heterocycles. The van der Waals surface area contributed by atoms with Gasteiger partial charge in [-0.1, -0.05) is 28.1 Å². The molecule has 0 saturated heterocycles. The van der Waals surface area contributed by atoms with Crippen molar-refractivity contribution in [1.29, 1.82) is 0 Å². The van der Waals surface area contributed by atoms with E-state index in [9.17, 15) is 4.79 Å². The topological polar surface area (TPSA) is 29.5 Å². The highest BCUT2D eigenvalue weighted by Crippen LogP contribution is 2.12. The summed E-state index contributed by atoms with van der Waals surface area (Å²) in [7, 11) is 1.73. The summed E-state index contributed by atoms with van der Waals surface area (Å²) in [5.74, 6) is 0. The minimum absolute atomic E-state index is 0.0835. The van der Waals surface area contributed by atoms with Gasteiger partial charge in [0, 0.05) is 18.1 Å². The van der Waals surface area contributed by atoms with Crippen LogP contribution in [0, 0.1) is 0 Å². The maximum Gasteiger partial charge on any atom is 0.410 e. The summed E-state index contributed by atoms with van der Waals surface area (Å²) in [5.41, 5.74) is 1.08. The number of benzene rings is 1. The van der Waals surface area contributed by atoms with E-state index in [1.807, 2.05) is 38.1 Å². The number of amides is 1. The largest absolute Gasteiger partial charge is 0.447 e. The van der Waals surface area contributed by atoms with Crippen LogP contribution in [-0.2, 0) is 11.3 Å². The Morgan fingerprint density at radius 1 is 1.38 bits per heavy atom. The van der Waals surface area contributed by atoms with Crippen LogP contribution in [0.3, 0.4) is 0 Å². The molecule has 1 aromatic carbocycles. The van der Waals surface area contributed by atoms with Gasteiger partial charge in [-0.2, -0.15) is 0 Å². The Morgan fingerprint density at radius 2 is 1.94 bits per heavy atom. The zero-order valence-corrected chi connectivity index (χ0v) is 11.3. The first-order chi connectivity index (χ1) is 7.49. The summed E-state index contributed by atoms with van der Waals surface area (Å²) in [6.07, 6.45) is -0.377. The molecule has 0 aliphatic rings. The summed E-state index contributed by atoms with van der Waals surface area (Å²) < 4.78 is 6.12. The molecule has 3 nitrogen and oxygen atoms in total. The normalized spacial score (nSPS) is 10.3. The first-order valence-electron chi connectivity index (χ1n) is 5.15. The van der Waals surface area contributed by atoms with Crippen molar-refractivity contribution in [1.82, 2.24) is 4.90 Å². The molecular weight excluding hydrogens is 270 g/mol. The highest BCUT2D eigenvalue weighted by atomic mass is 79.9. The molecule has 0 heterocycles. The summed E-state index contributed by atoms with van der Waals surface area (Å²) in [6.45, 7) is 4.23. The van der Waals surface area contributed by atoms with Crippen molar-refractivity contribution >= 4 is 22.0 Å². The average Bonchev–Trinajstić information content (AvgIpc) is 2.20. The molecule has 0 N–H and O–H groups in total. The lowest BCUT2D eigenvalue weighted by molar-refractivity contribution is 0.0822. The van der Waals surface area contributed by atoms with Crippen LogP contribution in [0.1, 0.15) is 19.4 Å². The van der Waals surface area contributed by atoms with E-state index in [0.717, 1.165) is 10.0 Å². The van der Waals surface area contributed by atoms with Gasteiger partial charge in [0.2, 0.25) is 0 Å². The van der Waals surface area contributed by atoms with Gasteiger partial charge in [0.1, 0.15) is 0 Å². The molecule has 1 rings (SSSR count).